The molecule has 3 N–H and O–H groups in total. The van der Waals surface area contributed by atoms with Crippen LogP contribution >= 0.6 is 0 Å². The number of aryl methyl sites for hydroxylation is 1. The summed E-state index contributed by atoms with van der Waals surface area (Å²) in [7, 11) is 0. The van der Waals surface area contributed by atoms with E-state index in [2.05, 4.69) is 15.2 Å². The second kappa shape index (κ2) is 8.57. The van der Waals surface area contributed by atoms with Crippen LogP contribution in [0.25, 0.3) is 11.0 Å². The molecule has 8 nitrogen and oxygen atoms in total. The van der Waals surface area contributed by atoms with E-state index >= 15 is 0 Å². The third kappa shape index (κ3) is 4.05. The van der Waals surface area contributed by atoms with Gasteiger partial charge in [-0.15, -0.1) is 0 Å². The summed E-state index contributed by atoms with van der Waals surface area (Å²) in [4.78, 5) is 19.3. The minimum Gasteiger partial charge on any atom is -0.396 e. The number of benzene rings is 1. The van der Waals surface area contributed by atoms with Crippen LogP contribution < -0.4 is 5.32 Å². The van der Waals surface area contributed by atoms with Crippen molar-refractivity contribution in [3.63, 3.8) is 0 Å². The van der Waals surface area contributed by atoms with Crippen molar-refractivity contribution in [3.05, 3.63) is 30.1 Å². The van der Waals surface area contributed by atoms with E-state index in [9.17, 15) is 9.90 Å². The molecule has 0 radical (unpaired) electrons. The second-order valence-electron chi connectivity index (χ2n) is 7.65. The van der Waals surface area contributed by atoms with Gasteiger partial charge in [0.05, 0.1) is 23.7 Å². The molecule has 3 heterocycles. The number of carbonyl (C=O) groups excluding carboxylic acids is 1. The number of rotatable bonds is 7. The second-order valence-corrected chi connectivity index (χ2v) is 7.65. The predicted molar refractivity (Wildman–Crippen MR) is 104 cm³/mol. The SMILES string of the molecule is O=C(CCn1c(CO)nc2ccccc21)N[C@H]1C[C@H]2CO[C@@H](CCO)CN2C1. The molecular formula is C20H28N4O4. The van der Waals surface area contributed by atoms with Crippen molar-refractivity contribution in [2.45, 2.75) is 50.6 Å². The molecule has 1 amide bonds. The number of amides is 1. The largest absolute Gasteiger partial charge is 0.396 e. The number of nitrogens with zero attached hydrogens (tertiary/aromatic N) is 3. The fraction of sp³-hybridized carbons (Fsp3) is 0.600. The van der Waals surface area contributed by atoms with E-state index in [1.54, 1.807) is 0 Å². The summed E-state index contributed by atoms with van der Waals surface area (Å²) in [5.41, 5.74) is 1.77. The van der Waals surface area contributed by atoms with Crippen LogP contribution in [0.1, 0.15) is 25.1 Å². The summed E-state index contributed by atoms with van der Waals surface area (Å²) >= 11 is 0. The van der Waals surface area contributed by atoms with E-state index < -0.39 is 0 Å². The average molecular weight is 388 g/mol. The molecule has 28 heavy (non-hydrogen) atoms. The molecule has 2 fully saturated rings. The summed E-state index contributed by atoms with van der Waals surface area (Å²) in [6.07, 6.45) is 1.99. The normalized spacial score (nSPS) is 25.1. The molecule has 0 unspecified atom stereocenters. The number of aliphatic hydroxyl groups is 2. The maximum absolute atomic E-state index is 12.5. The van der Waals surface area contributed by atoms with Gasteiger partial charge < -0.3 is 24.8 Å². The van der Waals surface area contributed by atoms with Crippen molar-refractivity contribution in [2.24, 2.45) is 0 Å². The Balaban J connectivity index is 1.31. The van der Waals surface area contributed by atoms with E-state index in [0.717, 1.165) is 30.5 Å². The molecular weight excluding hydrogens is 360 g/mol. The first-order chi connectivity index (χ1) is 13.7. The molecule has 1 aromatic carbocycles. The van der Waals surface area contributed by atoms with Gasteiger partial charge >= 0.3 is 0 Å². The van der Waals surface area contributed by atoms with Gasteiger partial charge in [-0.3, -0.25) is 9.69 Å². The lowest BCUT2D eigenvalue weighted by Gasteiger charge is -2.34. The number of carbonyl (C=O) groups is 1. The molecule has 0 bridgehead atoms. The molecule has 2 aliphatic rings. The van der Waals surface area contributed by atoms with Crippen LogP contribution in [0.3, 0.4) is 0 Å². The molecule has 152 valence electrons. The monoisotopic (exact) mass is 388 g/mol. The van der Waals surface area contributed by atoms with Gasteiger partial charge in [-0.05, 0) is 25.0 Å². The molecule has 0 spiro atoms. The lowest BCUT2D eigenvalue weighted by atomic mass is 10.1. The van der Waals surface area contributed by atoms with Crippen LogP contribution in [0.4, 0.5) is 0 Å². The standard InChI is InChI=1S/C20H28N4O4/c25-8-6-16-11-23-10-14(9-15(23)13-28-16)21-20(27)5-7-24-18-4-2-1-3-17(18)22-19(24)12-26/h1-4,14-16,25-26H,5-13H2,(H,21,27)/t14-,15-,16-/m0/s1. The molecule has 1 aromatic heterocycles. The molecule has 4 rings (SSSR count). The maximum atomic E-state index is 12.5. The Morgan fingerprint density at radius 3 is 2.96 bits per heavy atom. The van der Waals surface area contributed by atoms with Crippen molar-refractivity contribution in [1.82, 2.24) is 19.8 Å². The summed E-state index contributed by atoms with van der Waals surface area (Å²) in [6, 6.07) is 8.19. The van der Waals surface area contributed by atoms with E-state index in [4.69, 9.17) is 9.84 Å². The first-order valence-electron chi connectivity index (χ1n) is 9.98. The average Bonchev–Trinajstić information content (AvgIpc) is 3.26. The van der Waals surface area contributed by atoms with E-state index in [1.165, 1.54) is 0 Å². The topological polar surface area (TPSA) is 99.9 Å². The smallest absolute Gasteiger partial charge is 0.222 e. The zero-order valence-corrected chi connectivity index (χ0v) is 16.0. The summed E-state index contributed by atoms with van der Waals surface area (Å²) in [5, 5.41) is 21.8. The fourth-order valence-corrected chi connectivity index (χ4v) is 4.37. The van der Waals surface area contributed by atoms with Gasteiger partial charge in [0.15, 0.2) is 0 Å². The van der Waals surface area contributed by atoms with Gasteiger partial charge in [0.2, 0.25) is 5.91 Å². The van der Waals surface area contributed by atoms with Crippen molar-refractivity contribution in [3.8, 4) is 0 Å². The number of morpholine rings is 1. The maximum Gasteiger partial charge on any atom is 0.222 e. The van der Waals surface area contributed by atoms with Crippen LogP contribution in [0, 0.1) is 0 Å². The van der Waals surface area contributed by atoms with E-state index in [-0.39, 0.29) is 31.3 Å². The van der Waals surface area contributed by atoms with Crippen molar-refractivity contribution >= 4 is 16.9 Å². The van der Waals surface area contributed by atoms with Gasteiger partial charge in [0.25, 0.3) is 0 Å². The molecule has 0 saturated carbocycles. The van der Waals surface area contributed by atoms with Crippen molar-refractivity contribution in [1.29, 1.82) is 0 Å². The molecule has 2 saturated heterocycles. The number of aromatic nitrogens is 2. The number of nitrogens with one attached hydrogen (secondary N) is 1. The van der Waals surface area contributed by atoms with Crippen LogP contribution in [0.15, 0.2) is 24.3 Å². The summed E-state index contributed by atoms with van der Waals surface area (Å²) in [5.74, 6) is 0.596. The number of hydrogen-bond donors (Lipinski definition) is 3. The van der Waals surface area contributed by atoms with Crippen LogP contribution in [-0.4, -0.2) is 75.1 Å². The number of ether oxygens (including phenoxy) is 1. The van der Waals surface area contributed by atoms with Gasteiger partial charge in [0, 0.05) is 44.7 Å². The van der Waals surface area contributed by atoms with Crippen LogP contribution in [0.2, 0.25) is 0 Å². The van der Waals surface area contributed by atoms with Crippen LogP contribution in [0.5, 0.6) is 0 Å². The number of fused-ring (bicyclic) bond motifs is 2. The zero-order chi connectivity index (χ0) is 19.5. The molecule has 0 aliphatic carbocycles. The number of para-hydroxylation sites is 2. The van der Waals surface area contributed by atoms with E-state index in [1.807, 2.05) is 28.8 Å². The lowest BCUT2D eigenvalue weighted by molar-refractivity contribution is -0.121. The minimum atomic E-state index is -0.148. The highest BCUT2D eigenvalue weighted by atomic mass is 16.5. The predicted octanol–water partition coefficient (Wildman–Crippen LogP) is 0.259. The van der Waals surface area contributed by atoms with Gasteiger partial charge in [-0.25, -0.2) is 4.98 Å². The Morgan fingerprint density at radius 1 is 1.29 bits per heavy atom. The highest BCUT2D eigenvalue weighted by Gasteiger charge is 2.37. The summed E-state index contributed by atoms with van der Waals surface area (Å²) in [6.45, 7) is 2.80. The fourth-order valence-electron chi connectivity index (χ4n) is 4.37. The number of aliphatic hydroxyl groups excluding tert-OH is 2. The third-order valence-electron chi connectivity index (χ3n) is 5.74. The van der Waals surface area contributed by atoms with Gasteiger partial charge in [-0.2, -0.15) is 0 Å². The van der Waals surface area contributed by atoms with Crippen molar-refractivity contribution in [2.75, 3.05) is 26.3 Å². The first-order valence-corrected chi connectivity index (χ1v) is 9.98. The summed E-state index contributed by atoms with van der Waals surface area (Å²) < 4.78 is 7.72. The van der Waals surface area contributed by atoms with Crippen LogP contribution in [-0.2, 0) is 22.7 Å². The number of hydrogen-bond acceptors (Lipinski definition) is 6. The number of imidazole rings is 1. The lowest BCUT2D eigenvalue weighted by Crippen LogP contribution is -2.46. The van der Waals surface area contributed by atoms with Crippen molar-refractivity contribution < 1.29 is 19.7 Å². The molecule has 2 aliphatic heterocycles. The van der Waals surface area contributed by atoms with E-state index in [0.29, 0.717) is 37.9 Å². The Kier molecular flexibility index (Phi) is 5.91. The zero-order valence-electron chi connectivity index (χ0n) is 16.0. The Labute approximate surface area is 164 Å². The minimum absolute atomic E-state index is 0.0133. The highest BCUT2D eigenvalue weighted by molar-refractivity contribution is 5.78. The first kappa shape index (κ1) is 19.3. The van der Waals surface area contributed by atoms with Gasteiger partial charge in [-0.1, -0.05) is 12.1 Å². The molecule has 2 aromatic rings. The Bertz CT molecular complexity index is 824. The van der Waals surface area contributed by atoms with Gasteiger partial charge in [0.1, 0.15) is 12.4 Å². The molecule has 3 atom stereocenters. The Morgan fingerprint density at radius 2 is 2.14 bits per heavy atom. The Hall–Kier alpha value is -2.00. The third-order valence-corrected chi connectivity index (χ3v) is 5.74. The molecule has 8 heteroatoms. The highest BCUT2D eigenvalue weighted by Crippen LogP contribution is 2.24. The quantitative estimate of drug-likeness (QED) is 0.629.